The van der Waals surface area contributed by atoms with Gasteiger partial charge in [-0.25, -0.2) is 4.39 Å². The highest BCUT2D eigenvalue weighted by atomic mass is 35.5. The molecule has 110 valence electrons. The van der Waals surface area contributed by atoms with Crippen molar-refractivity contribution in [1.29, 1.82) is 0 Å². The topological polar surface area (TPSA) is 21.3 Å². The van der Waals surface area contributed by atoms with Gasteiger partial charge < -0.3 is 10.1 Å². The maximum atomic E-state index is 13.2. The van der Waals surface area contributed by atoms with Crippen molar-refractivity contribution in [3.05, 3.63) is 59.4 Å². The lowest BCUT2D eigenvalue weighted by Gasteiger charge is -2.13. The van der Waals surface area contributed by atoms with Gasteiger partial charge in [0.15, 0.2) is 0 Å². The highest BCUT2D eigenvalue weighted by Gasteiger charge is 2.22. The van der Waals surface area contributed by atoms with Gasteiger partial charge in [-0.3, -0.25) is 0 Å². The van der Waals surface area contributed by atoms with Crippen LogP contribution in [0.1, 0.15) is 11.1 Å². The Morgan fingerprint density at radius 2 is 2.00 bits per heavy atom. The van der Waals surface area contributed by atoms with Crippen molar-refractivity contribution in [1.82, 2.24) is 0 Å². The summed E-state index contributed by atoms with van der Waals surface area (Å²) in [6.45, 7) is 0.700. The SMILES string of the molecule is Fc1ccc2c(c1)CC(CNc1ccc(CCCl)cc1)O2. The van der Waals surface area contributed by atoms with Gasteiger partial charge in [0.25, 0.3) is 0 Å². The molecule has 0 saturated carbocycles. The molecule has 0 spiro atoms. The molecule has 0 saturated heterocycles. The third-order valence-corrected chi connectivity index (χ3v) is 3.82. The normalized spacial score (nSPS) is 16.4. The van der Waals surface area contributed by atoms with Crippen LogP contribution in [0, 0.1) is 5.82 Å². The summed E-state index contributed by atoms with van der Waals surface area (Å²) in [4.78, 5) is 0. The molecule has 1 unspecified atom stereocenters. The number of hydrogen-bond acceptors (Lipinski definition) is 2. The van der Waals surface area contributed by atoms with E-state index in [0.717, 1.165) is 29.8 Å². The van der Waals surface area contributed by atoms with Gasteiger partial charge in [0, 0.05) is 23.6 Å². The lowest BCUT2D eigenvalue weighted by molar-refractivity contribution is 0.246. The first-order valence-corrected chi connectivity index (χ1v) is 7.62. The van der Waals surface area contributed by atoms with Crippen LogP contribution >= 0.6 is 11.6 Å². The van der Waals surface area contributed by atoms with E-state index in [4.69, 9.17) is 16.3 Å². The van der Waals surface area contributed by atoms with Crippen molar-refractivity contribution >= 4 is 17.3 Å². The third-order valence-electron chi connectivity index (χ3n) is 3.63. The molecule has 2 nitrogen and oxygen atoms in total. The van der Waals surface area contributed by atoms with E-state index in [1.807, 2.05) is 12.1 Å². The van der Waals surface area contributed by atoms with Gasteiger partial charge in [-0.15, -0.1) is 11.6 Å². The molecule has 0 radical (unpaired) electrons. The summed E-state index contributed by atoms with van der Waals surface area (Å²) in [5.41, 5.74) is 3.23. The molecule has 0 bridgehead atoms. The molecule has 1 aliphatic rings. The van der Waals surface area contributed by atoms with E-state index in [1.165, 1.54) is 11.6 Å². The Morgan fingerprint density at radius 1 is 1.19 bits per heavy atom. The maximum absolute atomic E-state index is 13.2. The average molecular weight is 306 g/mol. The molecule has 0 fully saturated rings. The molecule has 2 aromatic rings. The van der Waals surface area contributed by atoms with Crippen LogP contribution in [0.5, 0.6) is 5.75 Å². The molecule has 1 N–H and O–H groups in total. The summed E-state index contributed by atoms with van der Waals surface area (Å²) in [5.74, 6) is 1.22. The van der Waals surface area contributed by atoms with Crippen LogP contribution in [0.4, 0.5) is 10.1 Å². The van der Waals surface area contributed by atoms with Crippen molar-refractivity contribution in [3.8, 4) is 5.75 Å². The molecule has 2 aromatic carbocycles. The summed E-state index contributed by atoms with van der Waals surface area (Å²) in [6.07, 6.45) is 1.67. The molecule has 1 atom stereocenters. The molecule has 0 aromatic heterocycles. The zero-order chi connectivity index (χ0) is 14.7. The average Bonchev–Trinajstić information content (AvgIpc) is 2.89. The van der Waals surface area contributed by atoms with Gasteiger partial charge in [-0.1, -0.05) is 12.1 Å². The maximum Gasteiger partial charge on any atom is 0.123 e. The zero-order valence-electron chi connectivity index (χ0n) is 11.6. The van der Waals surface area contributed by atoms with E-state index in [9.17, 15) is 4.39 Å². The fourth-order valence-electron chi connectivity index (χ4n) is 2.53. The number of nitrogens with one attached hydrogen (secondary N) is 1. The molecule has 0 amide bonds. The number of rotatable bonds is 5. The Kier molecular flexibility index (Phi) is 4.30. The lowest BCUT2D eigenvalue weighted by atomic mass is 10.1. The smallest absolute Gasteiger partial charge is 0.123 e. The Hall–Kier alpha value is -1.74. The minimum Gasteiger partial charge on any atom is -0.488 e. The number of fused-ring (bicyclic) bond motifs is 1. The summed E-state index contributed by atoms with van der Waals surface area (Å²) < 4.78 is 19.0. The molecule has 21 heavy (non-hydrogen) atoms. The fraction of sp³-hybridized carbons (Fsp3) is 0.294. The van der Waals surface area contributed by atoms with E-state index in [1.54, 1.807) is 12.1 Å². The summed E-state index contributed by atoms with van der Waals surface area (Å²) in [7, 11) is 0. The molecule has 1 heterocycles. The number of alkyl halides is 1. The van der Waals surface area contributed by atoms with E-state index in [2.05, 4.69) is 17.4 Å². The number of hydrogen-bond donors (Lipinski definition) is 1. The quantitative estimate of drug-likeness (QED) is 0.842. The largest absolute Gasteiger partial charge is 0.488 e. The van der Waals surface area contributed by atoms with E-state index < -0.39 is 0 Å². The van der Waals surface area contributed by atoms with E-state index in [0.29, 0.717) is 12.4 Å². The standard InChI is InChI=1S/C17H17ClFNO/c18-8-7-12-1-4-15(5-2-12)20-11-16-10-13-9-14(19)3-6-17(13)21-16/h1-6,9,16,20H,7-8,10-11H2. The fourth-order valence-corrected chi connectivity index (χ4v) is 2.75. The van der Waals surface area contributed by atoms with Gasteiger partial charge in [-0.05, 0) is 42.3 Å². The number of aryl methyl sites for hydroxylation is 1. The van der Waals surface area contributed by atoms with Crippen LogP contribution in [0.15, 0.2) is 42.5 Å². The van der Waals surface area contributed by atoms with Crippen LogP contribution in [0.25, 0.3) is 0 Å². The molecule has 0 aliphatic carbocycles. The first-order chi connectivity index (χ1) is 10.2. The second kappa shape index (κ2) is 6.35. The Bertz CT molecular complexity index is 615. The number of benzene rings is 2. The van der Waals surface area contributed by atoms with Crippen LogP contribution in [0.2, 0.25) is 0 Å². The first kappa shape index (κ1) is 14.2. The highest BCUT2D eigenvalue weighted by Crippen LogP contribution is 2.29. The third kappa shape index (κ3) is 3.48. The van der Waals surface area contributed by atoms with Crippen molar-refractivity contribution < 1.29 is 9.13 Å². The molecule has 1 aliphatic heterocycles. The highest BCUT2D eigenvalue weighted by molar-refractivity contribution is 6.17. The second-order valence-corrected chi connectivity index (χ2v) is 5.59. The first-order valence-electron chi connectivity index (χ1n) is 7.08. The van der Waals surface area contributed by atoms with Crippen LogP contribution in [-0.2, 0) is 12.8 Å². The van der Waals surface area contributed by atoms with Gasteiger partial charge in [0.05, 0.1) is 6.54 Å². The lowest BCUT2D eigenvalue weighted by Crippen LogP contribution is -2.23. The number of halogens is 2. The predicted molar refractivity (Wildman–Crippen MR) is 83.9 cm³/mol. The minimum atomic E-state index is -0.208. The van der Waals surface area contributed by atoms with Gasteiger partial charge in [0.1, 0.15) is 17.7 Å². The van der Waals surface area contributed by atoms with Gasteiger partial charge in [0.2, 0.25) is 0 Å². The van der Waals surface area contributed by atoms with Crippen molar-refractivity contribution in [2.75, 3.05) is 17.7 Å². The molecule has 4 heteroatoms. The van der Waals surface area contributed by atoms with Crippen molar-refractivity contribution in [2.24, 2.45) is 0 Å². The van der Waals surface area contributed by atoms with E-state index in [-0.39, 0.29) is 11.9 Å². The van der Waals surface area contributed by atoms with Crippen LogP contribution in [-0.4, -0.2) is 18.5 Å². The molecule has 3 rings (SSSR count). The zero-order valence-corrected chi connectivity index (χ0v) is 12.4. The van der Waals surface area contributed by atoms with Crippen molar-refractivity contribution in [2.45, 2.75) is 18.9 Å². The Morgan fingerprint density at radius 3 is 2.76 bits per heavy atom. The predicted octanol–water partition coefficient (Wildman–Crippen LogP) is 4.02. The molecular weight excluding hydrogens is 289 g/mol. The van der Waals surface area contributed by atoms with Gasteiger partial charge >= 0.3 is 0 Å². The summed E-state index contributed by atoms with van der Waals surface area (Å²) in [5, 5.41) is 3.35. The van der Waals surface area contributed by atoms with Gasteiger partial charge in [-0.2, -0.15) is 0 Å². The number of anilines is 1. The Balaban J connectivity index is 1.55. The molecular formula is C17H17ClFNO. The van der Waals surface area contributed by atoms with E-state index >= 15 is 0 Å². The van der Waals surface area contributed by atoms with Crippen LogP contribution < -0.4 is 10.1 Å². The van der Waals surface area contributed by atoms with Crippen molar-refractivity contribution in [3.63, 3.8) is 0 Å². The summed E-state index contributed by atoms with van der Waals surface area (Å²) >= 11 is 5.72. The minimum absolute atomic E-state index is 0.0457. The Labute approximate surface area is 128 Å². The number of ether oxygens (including phenoxy) is 1. The second-order valence-electron chi connectivity index (χ2n) is 5.21. The van der Waals surface area contributed by atoms with Crippen LogP contribution in [0.3, 0.4) is 0 Å². The monoisotopic (exact) mass is 305 g/mol. The summed E-state index contributed by atoms with van der Waals surface area (Å²) in [6, 6.07) is 12.9.